The maximum Gasteiger partial charge on any atom is 0.227 e. The zero-order valence-corrected chi connectivity index (χ0v) is 10.8. The van der Waals surface area contributed by atoms with Crippen molar-refractivity contribution in [3.05, 3.63) is 28.2 Å². The second kappa shape index (κ2) is 4.55. The standard InChI is InChI=1S/C12H15BrN2O/c1-8-2-3-10(13)5-11(8)15-7-9(6-14)4-12(15)16/h2-3,5,9H,4,6-7,14H2,1H3. The van der Waals surface area contributed by atoms with Crippen molar-refractivity contribution in [1.29, 1.82) is 0 Å². The largest absolute Gasteiger partial charge is 0.330 e. The molecule has 1 aromatic carbocycles. The summed E-state index contributed by atoms with van der Waals surface area (Å²) in [6, 6.07) is 5.99. The van der Waals surface area contributed by atoms with E-state index in [0.29, 0.717) is 18.9 Å². The molecule has 1 aliphatic heterocycles. The minimum Gasteiger partial charge on any atom is -0.330 e. The van der Waals surface area contributed by atoms with Crippen LogP contribution in [0, 0.1) is 12.8 Å². The summed E-state index contributed by atoms with van der Waals surface area (Å²) in [4.78, 5) is 13.7. The molecule has 1 unspecified atom stereocenters. The van der Waals surface area contributed by atoms with Crippen LogP contribution in [0.3, 0.4) is 0 Å². The molecule has 4 heteroatoms. The predicted molar refractivity (Wildman–Crippen MR) is 68.4 cm³/mol. The number of rotatable bonds is 2. The molecule has 1 aromatic rings. The lowest BCUT2D eigenvalue weighted by atomic mass is 10.1. The number of anilines is 1. The topological polar surface area (TPSA) is 46.3 Å². The van der Waals surface area contributed by atoms with E-state index >= 15 is 0 Å². The van der Waals surface area contributed by atoms with Gasteiger partial charge in [0.2, 0.25) is 5.91 Å². The molecule has 16 heavy (non-hydrogen) atoms. The predicted octanol–water partition coefficient (Wildman–Crippen LogP) is 2.07. The van der Waals surface area contributed by atoms with Crippen molar-refractivity contribution < 1.29 is 4.79 Å². The molecule has 1 saturated heterocycles. The van der Waals surface area contributed by atoms with Gasteiger partial charge in [-0.15, -0.1) is 0 Å². The summed E-state index contributed by atoms with van der Waals surface area (Å²) in [5.41, 5.74) is 7.73. The van der Waals surface area contributed by atoms with Gasteiger partial charge in [-0.25, -0.2) is 0 Å². The van der Waals surface area contributed by atoms with Crippen LogP contribution < -0.4 is 10.6 Å². The number of carbonyl (C=O) groups excluding carboxylic acids is 1. The van der Waals surface area contributed by atoms with Gasteiger partial charge in [0.05, 0.1) is 0 Å². The average molecular weight is 283 g/mol. The molecular weight excluding hydrogens is 268 g/mol. The Bertz CT molecular complexity index is 419. The first-order valence-corrected chi connectivity index (χ1v) is 6.17. The zero-order chi connectivity index (χ0) is 11.7. The molecule has 0 radical (unpaired) electrons. The summed E-state index contributed by atoms with van der Waals surface area (Å²) in [5.74, 6) is 0.475. The zero-order valence-electron chi connectivity index (χ0n) is 9.24. The minimum absolute atomic E-state index is 0.177. The molecule has 1 amide bonds. The number of hydrogen-bond donors (Lipinski definition) is 1. The minimum atomic E-state index is 0.177. The van der Waals surface area contributed by atoms with Gasteiger partial charge in [0, 0.05) is 23.1 Å². The molecule has 0 aliphatic carbocycles. The van der Waals surface area contributed by atoms with Gasteiger partial charge in [-0.05, 0) is 37.1 Å². The number of carbonyl (C=O) groups is 1. The molecule has 2 N–H and O–H groups in total. The van der Waals surface area contributed by atoms with Crippen LogP contribution in [0.1, 0.15) is 12.0 Å². The summed E-state index contributed by atoms with van der Waals surface area (Å²) in [5, 5.41) is 0. The van der Waals surface area contributed by atoms with Gasteiger partial charge in [-0.2, -0.15) is 0 Å². The van der Waals surface area contributed by atoms with Crippen molar-refractivity contribution in [1.82, 2.24) is 0 Å². The number of amides is 1. The van der Waals surface area contributed by atoms with Gasteiger partial charge < -0.3 is 10.6 Å². The monoisotopic (exact) mass is 282 g/mol. The van der Waals surface area contributed by atoms with Crippen LogP contribution in [0.2, 0.25) is 0 Å². The second-order valence-corrected chi connectivity index (χ2v) is 5.16. The van der Waals surface area contributed by atoms with Gasteiger partial charge in [0.1, 0.15) is 0 Å². The third-order valence-corrected chi connectivity index (χ3v) is 3.49. The van der Waals surface area contributed by atoms with Crippen LogP contribution in [-0.2, 0) is 4.79 Å². The lowest BCUT2D eigenvalue weighted by molar-refractivity contribution is -0.117. The Morgan fingerprint density at radius 1 is 1.56 bits per heavy atom. The first-order valence-electron chi connectivity index (χ1n) is 5.38. The van der Waals surface area contributed by atoms with E-state index in [-0.39, 0.29) is 5.91 Å². The van der Waals surface area contributed by atoms with Crippen LogP contribution in [-0.4, -0.2) is 19.0 Å². The van der Waals surface area contributed by atoms with E-state index < -0.39 is 0 Å². The lowest BCUT2D eigenvalue weighted by Crippen LogP contribution is -2.26. The number of nitrogens with two attached hydrogens (primary N) is 1. The average Bonchev–Trinajstić information content (AvgIpc) is 2.63. The summed E-state index contributed by atoms with van der Waals surface area (Å²) >= 11 is 3.43. The van der Waals surface area contributed by atoms with Crippen LogP contribution in [0.25, 0.3) is 0 Å². The van der Waals surface area contributed by atoms with E-state index in [4.69, 9.17) is 5.73 Å². The Morgan fingerprint density at radius 2 is 2.31 bits per heavy atom. The first-order chi connectivity index (χ1) is 7.61. The Morgan fingerprint density at radius 3 is 2.94 bits per heavy atom. The highest BCUT2D eigenvalue weighted by molar-refractivity contribution is 9.10. The molecule has 1 aliphatic rings. The van der Waals surface area contributed by atoms with Gasteiger partial charge in [0.25, 0.3) is 0 Å². The number of aryl methyl sites for hydroxylation is 1. The molecule has 1 fully saturated rings. The quantitative estimate of drug-likeness (QED) is 0.903. The van der Waals surface area contributed by atoms with E-state index in [1.165, 1.54) is 0 Å². The molecule has 86 valence electrons. The Balaban J connectivity index is 2.30. The van der Waals surface area contributed by atoms with Crippen molar-refractivity contribution in [3.63, 3.8) is 0 Å². The van der Waals surface area contributed by atoms with E-state index in [1.54, 1.807) is 0 Å². The van der Waals surface area contributed by atoms with Gasteiger partial charge in [-0.3, -0.25) is 4.79 Å². The third kappa shape index (κ3) is 2.13. The smallest absolute Gasteiger partial charge is 0.227 e. The number of halogens is 1. The fraction of sp³-hybridized carbons (Fsp3) is 0.417. The fourth-order valence-corrected chi connectivity index (χ4v) is 2.39. The summed E-state index contributed by atoms with van der Waals surface area (Å²) < 4.78 is 0.997. The Labute approximate surface area is 104 Å². The number of nitrogens with zero attached hydrogens (tertiary/aromatic N) is 1. The maximum atomic E-state index is 11.9. The van der Waals surface area contributed by atoms with Crippen LogP contribution in [0.4, 0.5) is 5.69 Å². The van der Waals surface area contributed by atoms with E-state index in [0.717, 1.165) is 22.3 Å². The van der Waals surface area contributed by atoms with Crippen molar-refractivity contribution in [2.24, 2.45) is 11.7 Å². The van der Waals surface area contributed by atoms with Crippen LogP contribution in [0.5, 0.6) is 0 Å². The molecule has 1 heterocycles. The molecule has 2 rings (SSSR count). The second-order valence-electron chi connectivity index (χ2n) is 4.24. The van der Waals surface area contributed by atoms with Crippen molar-refractivity contribution in [2.75, 3.05) is 18.0 Å². The molecule has 0 saturated carbocycles. The number of hydrogen-bond acceptors (Lipinski definition) is 2. The third-order valence-electron chi connectivity index (χ3n) is 3.00. The molecule has 0 spiro atoms. The SMILES string of the molecule is Cc1ccc(Br)cc1N1CC(CN)CC1=O. The highest BCUT2D eigenvalue weighted by Gasteiger charge is 2.30. The lowest BCUT2D eigenvalue weighted by Gasteiger charge is -2.19. The molecule has 0 bridgehead atoms. The van der Waals surface area contributed by atoms with Crippen molar-refractivity contribution in [3.8, 4) is 0 Å². The normalized spacial score (nSPS) is 20.6. The highest BCUT2D eigenvalue weighted by Crippen LogP contribution is 2.29. The molecular formula is C12H15BrN2O. The molecule has 1 atom stereocenters. The Kier molecular flexibility index (Phi) is 3.30. The van der Waals surface area contributed by atoms with E-state index in [2.05, 4.69) is 15.9 Å². The first kappa shape index (κ1) is 11.6. The Hall–Kier alpha value is -0.870. The van der Waals surface area contributed by atoms with E-state index in [9.17, 15) is 4.79 Å². The summed E-state index contributed by atoms with van der Waals surface area (Å²) in [7, 11) is 0. The summed E-state index contributed by atoms with van der Waals surface area (Å²) in [6.07, 6.45) is 0.572. The maximum absolute atomic E-state index is 11.9. The molecule has 0 aromatic heterocycles. The number of benzene rings is 1. The fourth-order valence-electron chi connectivity index (χ4n) is 2.05. The van der Waals surface area contributed by atoms with E-state index in [1.807, 2.05) is 30.0 Å². The van der Waals surface area contributed by atoms with Gasteiger partial charge in [-0.1, -0.05) is 22.0 Å². The van der Waals surface area contributed by atoms with Crippen LogP contribution in [0.15, 0.2) is 22.7 Å². The molecule has 3 nitrogen and oxygen atoms in total. The van der Waals surface area contributed by atoms with Crippen molar-refractivity contribution in [2.45, 2.75) is 13.3 Å². The van der Waals surface area contributed by atoms with Gasteiger partial charge in [0.15, 0.2) is 0 Å². The van der Waals surface area contributed by atoms with Crippen LogP contribution >= 0.6 is 15.9 Å². The van der Waals surface area contributed by atoms with Gasteiger partial charge >= 0.3 is 0 Å². The highest BCUT2D eigenvalue weighted by atomic mass is 79.9. The van der Waals surface area contributed by atoms with Crippen molar-refractivity contribution >= 4 is 27.5 Å². The summed E-state index contributed by atoms with van der Waals surface area (Å²) in [6.45, 7) is 3.34.